The van der Waals surface area contributed by atoms with Gasteiger partial charge in [-0.3, -0.25) is 9.59 Å². The summed E-state index contributed by atoms with van der Waals surface area (Å²) in [6.45, 7) is 15.7. The largest absolute Gasteiger partial charge is 0.444 e. The molecular weight excluding hydrogens is 514 g/mol. The van der Waals surface area contributed by atoms with E-state index in [-0.39, 0.29) is 24.3 Å². The first kappa shape index (κ1) is 33.6. The molecule has 3 unspecified atom stereocenters. The van der Waals surface area contributed by atoms with Crippen molar-refractivity contribution in [3.8, 4) is 0 Å². The van der Waals surface area contributed by atoms with Gasteiger partial charge in [-0.2, -0.15) is 0 Å². The molecule has 0 heterocycles. The molecule has 0 bridgehead atoms. The van der Waals surface area contributed by atoms with E-state index in [2.05, 4.69) is 31.1 Å². The predicted octanol–water partition coefficient (Wildman–Crippen LogP) is 6.83. The van der Waals surface area contributed by atoms with Gasteiger partial charge in [0.2, 0.25) is 11.8 Å². The Balaban J connectivity index is 2.58. The Morgan fingerprint density at radius 1 is 0.976 bits per heavy atom. The highest BCUT2D eigenvalue weighted by molar-refractivity contribution is 5.92. The Labute approximate surface area is 246 Å². The minimum atomic E-state index is -0.931. The minimum Gasteiger partial charge on any atom is -0.444 e. The number of nitrogens with zero attached hydrogens (tertiary/aromatic N) is 1. The van der Waals surface area contributed by atoms with Crippen LogP contribution in [-0.2, 0) is 20.7 Å². The van der Waals surface area contributed by atoms with Crippen molar-refractivity contribution in [2.24, 2.45) is 0 Å². The number of ether oxygens (including phenoxy) is 1. The molecule has 3 atom stereocenters. The van der Waals surface area contributed by atoms with Gasteiger partial charge in [-0.1, -0.05) is 94.3 Å². The van der Waals surface area contributed by atoms with Crippen molar-refractivity contribution < 1.29 is 19.1 Å². The number of amides is 3. The number of carbonyl (C=O) groups excluding carboxylic acids is 3. The molecule has 2 aromatic carbocycles. The van der Waals surface area contributed by atoms with Crippen LogP contribution in [-0.4, -0.2) is 47.0 Å². The molecule has 0 aromatic heterocycles. The molecule has 0 aliphatic rings. The number of rotatable bonds is 15. The molecule has 0 saturated carbocycles. The lowest BCUT2D eigenvalue weighted by atomic mass is 9.98. The smallest absolute Gasteiger partial charge is 0.408 e. The highest BCUT2D eigenvalue weighted by Gasteiger charge is 2.36. The number of nitrogens with one attached hydrogen (secondary N) is 2. The summed E-state index contributed by atoms with van der Waals surface area (Å²) in [6.07, 6.45) is 5.65. The Morgan fingerprint density at radius 3 is 2.29 bits per heavy atom. The molecule has 0 aliphatic heterocycles. The molecule has 0 radical (unpaired) electrons. The van der Waals surface area contributed by atoms with E-state index in [0.29, 0.717) is 12.1 Å². The zero-order valence-corrected chi connectivity index (χ0v) is 25.7. The third-order valence-electron chi connectivity index (χ3n) is 6.69. The van der Waals surface area contributed by atoms with Crippen molar-refractivity contribution in [1.82, 2.24) is 15.5 Å². The molecule has 41 heavy (non-hydrogen) atoms. The molecular formula is C34H49N3O4. The van der Waals surface area contributed by atoms with E-state index in [1.807, 2.05) is 61.5 Å². The number of hydrogen-bond donors (Lipinski definition) is 2. The van der Waals surface area contributed by atoms with Gasteiger partial charge in [-0.25, -0.2) is 4.79 Å². The average molecular weight is 564 g/mol. The molecule has 0 aliphatic carbocycles. The normalized spacial score (nSPS) is 13.4. The van der Waals surface area contributed by atoms with Crippen LogP contribution in [0.3, 0.4) is 0 Å². The van der Waals surface area contributed by atoms with E-state index in [1.165, 1.54) is 0 Å². The summed E-state index contributed by atoms with van der Waals surface area (Å²) in [7, 11) is 0. The average Bonchev–Trinajstić information content (AvgIpc) is 2.91. The zero-order chi connectivity index (χ0) is 30.4. The Kier molecular flexibility index (Phi) is 13.6. The van der Waals surface area contributed by atoms with E-state index in [0.717, 1.165) is 43.2 Å². The first-order valence-electron chi connectivity index (χ1n) is 14.9. The van der Waals surface area contributed by atoms with Crippen LogP contribution in [0.4, 0.5) is 4.79 Å². The fraction of sp³-hybridized carbons (Fsp3) is 0.500. The van der Waals surface area contributed by atoms with Gasteiger partial charge in [0, 0.05) is 19.0 Å². The van der Waals surface area contributed by atoms with E-state index < -0.39 is 23.8 Å². The maximum atomic E-state index is 14.5. The number of carbonyl (C=O) groups is 3. The van der Waals surface area contributed by atoms with Gasteiger partial charge in [0.05, 0.1) is 0 Å². The monoisotopic (exact) mass is 563 g/mol. The number of benzene rings is 2. The molecule has 7 nitrogen and oxygen atoms in total. The lowest BCUT2D eigenvalue weighted by Crippen LogP contribution is -2.54. The van der Waals surface area contributed by atoms with Crippen LogP contribution >= 0.6 is 0 Å². The lowest BCUT2D eigenvalue weighted by molar-refractivity contribution is -0.142. The summed E-state index contributed by atoms with van der Waals surface area (Å²) in [5.74, 6) is -0.573. The minimum absolute atomic E-state index is 0.0508. The molecule has 2 N–H and O–H groups in total. The third-order valence-corrected chi connectivity index (χ3v) is 6.69. The molecule has 0 saturated heterocycles. The predicted molar refractivity (Wildman–Crippen MR) is 166 cm³/mol. The van der Waals surface area contributed by atoms with Gasteiger partial charge < -0.3 is 20.3 Å². The Bertz CT molecular complexity index is 1130. The summed E-state index contributed by atoms with van der Waals surface area (Å²) in [5, 5.41) is 5.95. The van der Waals surface area contributed by atoms with Crippen molar-refractivity contribution in [1.29, 1.82) is 0 Å². The van der Waals surface area contributed by atoms with Crippen LogP contribution in [0.25, 0.3) is 6.08 Å². The fourth-order valence-electron chi connectivity index (χ4n) is 4.75. The maximum Gasteiger partial charge on any atom is 0.408 e. The van der Waals surface area contributed by atoms with Crippen LogP contribution in [0, 0.1) is 0 Å². The standard InChI is InChI=1S/C34H49N3O4/c1-8-11-15-22-37(30(31(38)35-25(4)17-9-2)28-21-16-20-26(10-3)23-28)32(39)29(24-27-18-13-12-14-19-27)36-33(40)41-34(5,6)7/h10,12-14,16,18-21,23,25,29-30H,3,8-9,11,15,17,22,24H2,1-2,4-7H3,(H,35,38)(H,36,40). The Morgan fingerprint density at radius 2 is 1.68 bits per heavy atom. The highest BCUT2D eigenvalue weighted by atomic mass is 16.6. The summed E-state index contributed by atoms with van der Waals surface area (Å²) < 4.78 is 5.53. The maximum absolute atomic E-state index is 14.5. The number of alkyl carbamates (subject to hydrolysis) is 1. The van der Waals surface area contributed by atoms with Crippen molar-refractivity contribution in [3.05, 3.63) is 77.9 Å². The van der Waals surface area contributed by atoms with Gasteiger partial charge in [-0.15, -0.1) is 0 Å². The Hall–Kier alpha value is -3.61. The molecule has 0 spiro atoms. The summed E-state index contributed by atoms with van der Waals surface area (Å²) in [4.78, 5) is 43.0. The van der Waals surface area contributed by atoms with Gasteiger partial charge in [-0.05, 0) is 63.3 Å². The first-order valence-corrected chi connectivity index (χ1v) is 14.9. The van der Waals surface area contributed by atoms with E-state index in [4.69, 9.17) is 4.74 Å². The van der Waals surface area contributed by atoms with Crippen LogP contribution < -0.4 is 10.6 Å². The highest BCUT2D eigenvalue weighted by Crippen LogP contribution is 2.26. The number of hydrogen-bond acceptors (Lipinski definition) is 4. The second-order valence-corrected chi connectivity index (χ2v) is 11.6. The molecule has 3 amide bonds. The van der Waals surface area contributed by atoms with Crippen molar-refractivity contribution in [3.63, 3.8) is 0 Å². The quantitative estimate of drug-likeness (QED) is 0.233. The van der Waals surface area contributed by atoms with Crippen molar-refractivity contribution >= 4 is 24.0 Å². The fourth-order valence-corrected chi connectivity index (χ4v) is 4.75. The van der Waals surface area contributed by atoms with Gasteiger partial charge in [0.25, 0.3) is 0 Å². The van der Waals surface area contributed by atoms with E-state index in [9.17, 15) is 14.4 Å². The van der Waals surface area contributed by atoms with Crippen LogP contribution in [0.15, 0.2) is 61.2 Å². The van der Waals surface area contributed by atoms with Crippen molar-refractivity contribution in [2.45, 2.75) is 104 Å². The lowest BCUT2D eigenvalue weighted by Gasteiger charge is -2.35. The van der Waals surface area contributed by atoms with Crippen LogP contribution in [0.2, 0.25) is 0 Å². The zero-order valence-electron chi connectivity index (χ0n) is 25.7. The summed E-state index contributed by atoms with van der Waals surface area (Å²) in [6, 6.07) is 15.2. The second kappa shape index (κ2) is 16.6. The number of unbranched alkanes of at least 4 members (excludes halogenated alkanes) is 2. The van der Waals surface area contributed by atoms with Crippen LogP contribution in [0.5, 0.6) is 0 Å². The second-order valence-electron chi connectivity index (χ2n) is 11.6. The van der Waals surface area contributed by atoms with Crippen molar-refractivity contribution in [2.75, 3.05) is 6.54 Å². The third kappa shape index (κ3) is 11.4. The van der Waals surface area contributed by atoms with E-state index in [1.54, 1.807) is 31.7 Å². The molecule has 224 valence electrons. The SMILES string of the molecule is C=Cc1cccc(C(C(=O)NC(C)CCC)N(CCCCC)C(=O)C(Cc2ccccc2)NC(=O)OC(C)(C)C)c1. The summed E-state index contributed by atoms with van der Waals surface area (Å²) >= 11 is 0. The molecule has 2 rings (SSSR count). The van der Waals surface area contributed by atoms with Crippen LogP contribution in [0.1, 0.15) is 96.4 Å². The molecule has 0 fully saturated rings. The first-order chi connectivity index (χ1) is 19.5. The van der Waals surface area contributed by atoms with Gasteiger partial charge in [0.1, 0.15) is 17.7 Å². The topological polar surface area (TPSA) is 87.7 Å². The van der Waals surface area contributed by atoms with Gasteiger partial charge >= 0.3 is 6.09 Å². The van der Waals surface area contributed by atoms with Gasteiger partial charge in [0.15, 0.2) is 0 Å². The molecule has 7 heteroatoms. The molecule has 2 aromatic rings. The van der Waals surface area contributed by atoms with E-state index >= 15 is 0 Å². The summed E-state index contributed by atoms with van der Waals surface area (Å²) in [5.41, 5.74) is 1.72.